The zero-order valence-corrected chi connectivity index (χ0v) is 20.1. The van der Waals surface area contributed by atoms with Crippen molar-refractivity contribution in [2.45, 2.75) is 0 Å². The van der Waals surface area contributed by atoms with E-state index in [1.54, 1.807) is 23.1 Å². The Bertz CT molecular complexity index is 1420. The van der Waals surface area contributed by atoms with Crippen LogP contribution in [0.5, 0.6) is 0 Å². The molecule has 1 amide bonds. The third kappa shape index (κ3) is 5.54. The number of nitrogens with zero attached hydrogens (tertiary/aromatic N) is 3. The van der Waals surface area contributed by atoms with Crippen LogP contribution in [0.15, 0.2) is 48.5 Å². The van der Waals surface area contributed by atoms with Gasteiger partial charge in [-0.2, -0.15) is 0 Å². The quantitative estimate of drug-likeness (QED) is 0.103. The van der Waals surface area contributed by atoms with Crippen LogP contribution >= 0.6 is 11.6 Å². The summed E-state index contributed by atoms with van der Waals surface area (Å²) in [4.78, 5) is 25.5. The van der Waals surface area contributed by atoms with Gasteiger partial charge in [0.15, 0.2) is 23.3 Å². The van der Waals surface area contributed by atoms with Gasteiger partial charge in [0.05, 0.1) is 15.6 Å². The van der Waals surface area contributed by atoms with Gasteiger partial charge in [-0.3, -0.25) is 14.9 Å². The van der Waals surface area contributed by atoms with E-state index in [-0.39, 0.29) is 36.9 Å². The molecule has 0 spiro atoms. The lowest BCUT2D eigenvalue weighted by Gasteiger charge is -2.38. The van der Waals surface area contributed by atoms with Crippen molar-refractivity contribution in [3.8, 4) is 0 Å². The van der Waals surface area contributed by atoms with Crippen molar-refractivity contribution in [1.29, 1.82) is 0 Å². The molecule has 3 aromatic carbocycles. The lowest BCUT2D eigenvalue weighted by Crippen LogP contribution is -2.47. The number of nitro groups is 1. The Morgan fingerprint density at radius 2 is 1.50 bits per heavy atom. The van der Waals surface area contributed by atoms with Crippen LogP contribution in [0, 0.1) is 39.2 Å². The molecule has 4 rings (SSSR count). The molecule has 0 bridgehead atoms. The molecule has 7 nitrogen and oxygen atoms in total. The number of amides is 1. The summed E-state index contributed by atoms with van der Waals surface area (Å²) in [7, 11) is 0. The van der Waals surface area contributed by atoms with Crippen molar-refractivity contribution < 1.29 is 31.7 Å². The molecular formula is C25H18ClF5N4O3. The van der Waals surface area contributed by atoms with Crippen LogP contribution in [0.1, 0.15) is 5.56 Å². The van der Waals surface area contributed by atoms with E-state index in [1.165, 1.54) is 36.4 Å². The van der Waals surface area contributed by atoms with Crippen molar-refractivity contribution in [2.75, 3.05) is 41.3 Å². The van der Waals surface area contributed by atoms with Gasteiger partial charge in [0.25, 0.3) is 5.69 Å². The van der Waals surface area contributed by atoms with Crippen molar-refractivity contribution in [3.05, 3.63) is 98.3 Å². The second-order valence-electron chi connectivity index (χ2n) is 8.23. The minimum absolute atomic E-state index is 0.0321. The van der Waals surface area contributed by atoms with Gasteiger partial charge >= 0.3 is 0 Å². The highest BCUT2D eigenvalue weighted by atomic mass is 35.5. The first-order chi connectivity index (χ1) is 18.1. The molecule has 0 aromatic heterocycles. The molecule has 1 aliphatic rings. The van der Waals surface area contributed by atoms with Crippen molar-refractivity contribution >= 4 is 46.3 Å². The van der Waals surface area contributed by atoms with E-state index >= 15 is 0 Å². The number of halogens is 6. The Labute approximate surface area is 217 Å². The topological polar surface area (TPSA) is 78.7 Å². The van der Waals surface area contributed by atoms with Gasteiger partial charge in [-0.05, 0) is 29.8 Å². The summed E-state index contributed by atoms with van der Waals surface area (Å²) in [6, 6.07) is 10.4. The molecule has 38 heavy (non-hydrogen) atoms. The Morgan fingerprint density at radius 1 is 0.895 bits per heavy atom. The van der Waals surface area contributed by atoms with Crippen LogP contribution in [0.25, 0.3) is 6.08 Å². The van der Waals surface area contributed by atoms with E-state index in [0.29, 0.717) is 16.9 Å². The Hall–Kier alpha value is -4.19. The minimum Gasteiger partial charge on any atom is -0.367 e. The predicted molar refractivity (Wildman–Crippen MR) is 133 cm³/mol. The number of carbonyl (C=O) groups excluding carboxylic acids is 1. The zero-order chi connectivity index (χ0) is 27.6. The van der Waals surface area contributed by atoms with Gasteiger partial charge in [-0.25, -0.2) is 22.0 Å². The number of benzene rings is 3. The van der Waals surface area contributed by atoms with Gasteiger partial charge < -0.3 is 15.1 Å². The molecule has 13 heteroatoms. The van der Waals surface area contributed by atoms with E-state index in [1.807, 2.05) is 0 Å². The smallest absolute Gasteiger partial charge is 0.270 e. The van der Waals surface area contributed by atoms with Crippen molar-refractivity contribution in [3.63, 3.8) is 0 Å². The highest BCUT2D eigenvalue weighted by Gasteiger charge is 2.31. The van der Waals surface area contributed by atoms with E-state index in [2.05, 4.69) is 5.32 Å². The third-order valence-electron chi connectivity index (χ3n) is 5.85. The average molecular weight is 553 g/mol. The van der Waals surface area contributed by atoms with Crippen molar-refractivity contribution in [2.24, 2.45) is 0 Å². The van der Waals surface area contributed by atoms with Gasteiger partial charge in [-0.15, -0.1) is 0 Å². The standard InChI is InChI=1S/C25H18ClF5N4O3/c26-17-13-15(32-19(36)7-4-14-2-1-3-16(12-14)35(37)38)5-6-18(17)33-8-10-34(11-9-33)25-23(30)21(28)20(27)22(29)24(25)31/h1-7,12-13H,8-11H2,(H,32,36)/b7-4+. The lowest BCUT2D eigenvalue weighted by atomic mass is 10.1. The van der Waals surface area contributed by atoms with Gasteiger partial charge in [0, 0.05) is 50.1 Å². The molecule has 0 unspecified atom stereocenters. The summed E-state index contributed by atoms with van der Waals surface area (Å²) in [5, 5.41) is 13.7. The zero-order valence-electron chi connectivity index (χ0n) is 19.4. The maximum absolute atomic E-state index is 14.2. The Balaban J connectivity index is 1.40. The fourth-order valence-corrected chi connectivity index (χ4v) is 4.28. The molecule has 1 heterocycles. The largest absolute Gasteiger partial charge is 0.367 e. The van der Waals surface area contributed by atoms with E-state index < -0.39 is 45.6 Å². The number of non-ortho nitro benzene ring substituents is 1. The fraction of sp³-hybridized carbons (Fsp3) is 0.160. The van der Waals surface area contributed by atoms with Crippen molar-refractivity contribution in [1.82, 2.24) is 0 Å². The second kappa shape index (κ2) is 11.1. The molecule has 1 aliphatic heterocycles. The number of nitrogens with one attached hydrogen (secondary N) is 1. The summed E-state index contributed by atoms with van der Waals surface area (Å²) in [6.07, 6.45) is 2.63. The maximum atomic E-state index is 14.2. The summed E-state index contributed by atoms with van der Waals surface area (Å²) in [6.45, 7) is 0.291. The van der Waals surface area contributed by atoms with Gasteiger partial charge in [0.1, 0.15) is 5.69 Å². The maximum Gasteiger partial charge on any atom is 0.270 e. The van der Waals surface area contributed by atoms with E-state index in [9.17, 15) is 36.9 Å². The number of anilines is 3. The predicted octanol–water partition coefficient (Wildman–Crippen LogP) is 5.92. The molecule has 0 radical (unpaired) electrons. The Morgan fingerprint density at radius 3 is 2.11 bits per heavy atom. The van der Waals surface area contributed by atoms with Crippen LogP contribution < -0.4 is 15.1 Å². The lowest BCUT2D eigenvalue weighted by molar-refractivity contribution is -0.384. The minimum atomic E-state index is -2.21. The molecule has 1 saturated heterocycles. The highest BCUT2D eigenvalue weighted by molar-refractivity contribution is 6.33. The van der Waals surface area contributed by atoms with Crippen LogP contribution in [-0.4, -0.2) is 37.0 Å². The first kappa shape index (κ1) is 26.9. The summed E-state index contributed by atoms with van der Waals surface area (Å²) < 4.78 is 68.8. The summed E-state index contributed by atoms with van der Waals surface area (Å²) in [5.41, 5.74) is 0.306. The van der Waals surface area contributed by atoms with Crippen LogP contribution in [0.2, 0.25) is 5.02 Å². The number of piperazine rings is 1. The fourth-order valence-electron chi connectivity index (χ4n) is 3.98. The molecule has 3 aromatic rings. The van der Waals surface area contributed by atoms with E-state index in [0.717, 1.165) is 4.90 Å². The highest BCUT2D eigenvalue weighted by Crippen LogP contribution is 2.33. The van der Waals surface area contributed by atoms with Gasteiger partial charge in [-0.1, -0.05) is 23.7 Å². The van der Waals surface area contributed by atoms with Gasteiger partial charge in [0.2, 0.25) is 11.7 Å². The summed E-state index contributed by atoms with van der Waals surface area (Å²) in [5.74, 6) is -10.5. The summed E-state index contributed by atoms with van der Waals surface area (Å²) >= 11 is 6.38. The molecule has 0 saturated carbocycles. The van der Waals surface area contributed by atoms with Crippen LogP contribution in [0.3, 0.4) is 0 Å². The number of carbonyl (C=O) groups is 1. The second-order valence-corrected chi connectivity index (χ2v) is 8.64. The molecule has 1 N–H and O–H groups in total. The number of hydrogen-bond acceptors (Lipinski definition) is 5. The average Bonchev–Trinajstić information content (AvgIpc) is 2.90. The first-order valence-corrected chi connectivity index (χ1v) is 11.5. The molecular weight excluding hydrogens is 535 g/mol. The third-order valence-corrected chi connectivity index (χ3v) is 6.15. The SMILES string of the molecule is O=C(/C=C/c1cccc([N+](=O)[O-])c1)Nc1ccc(N2CCN(c3c(F)c(F)c(F)c(F)c3F)CC2)c(Cl)c1. The Kier molecular flexibility index (Phi) is 7.81. The molecule has 0 atom stereocenters. The molecule has 1 fully saturated rings. The normalized spacial score (nSPS) is 13.7. The van der Waals surface area contributed by atoms with E-state index in [4.69, 9.17) is 11.6 Å². The number of rotatable bonds is 6. The number of hydrogen-bond donors (Lipinski definition) is 1. The molecule has 198 valence electrons. The first-order valence-electron chi connectivity index (χ1n) is 11.1. The molecule has 0 aliphatic carbocycles. The monoisotopic (exact) mass is 552 g/mol. The van der Waals surface area contributed by atoms with Crippen LogP contribution in [0.4, 0.5) is 44.7 Å². The number of nitro benzene ring substituents is 1. The van der Waals surface area contributed by atoms with Crippen LogP contribution in [-0.2, 0) is 4.79 Å².